The summed E-state index contributed by atoms with van der Waals surface area (Å²) in [4.78, 5) is 5.05. The van der Waals surface area contributed by atoms with Crippen molar-refractivity contribution in [3.8, 4) is 0 Å². The first-order valence-corrected chi connectivity index (χ1v) is 9.43. The van der Waals surface area contributed by atoms with Gasteiger partial charge in [0.1, 0.15) is 0 Å². The molecular formula is C20H34N2O2. The molecule has 1 aromatic carbocycles. The first kappa shape index (κ1) is 19.4. The third-order valence-corrected chi connectivity index (χ3v) is 4.56. The van der Waals surface area contributed by atoms with Crippen molar-refractivity contribution in [1.29, 1.82) is 0 Å². The van der Waals surface area contributed by atoms with Crippen LogP contribution in [0.3, 0.4) is 0 Å². The van der Waals surface area contributed by atoms with Crippen molar-refractivity contribution in [2.24, 2.45) is 0 Å². The Balaban J connectivity index is 1.49. The Labute approximate surface area is 147 Å². The lowest BCUT2D eigenvalue weighted by atomic mass is 10.1. The number of hydrogen-bond acceptors (Lipinski definition) is 4. The van der Waals surface area contributed by atoms with Crippen LogP contribution in [0.4, 0.5) is 0 Å². The first-order chi connectivity index (χ1) is 11.8. The molecule has 1 fully saturated rings. The highest BCUT2D eigenvalue weighted by molar-refractivity contribution is 5.21. The van der Waals surface area contributed by atoms with Gasteiger partial charge in [-0.1, -0.05) is 43.2 Å². The monoisotopic (exact) mass is 334 g/mol. The molecule has 24 heavy (non-hydrogen) atoms. The van der Waals surface area contributed by atoms with Crippen molar-refractivity contribution >= 4 is 0 Å². The first-order valence-electron chi connectivity index (χ1n) is 9.43. The molecule has 1 aliphatic heterocycles. The fourth-order valence-corrected chi connectivity index (χ4v) is 2.88. The summed E-state index contributed by atoms with van der Waals surface area (Å²) >= 11 is 0. The number of nitrogens with zero attached hydrogens (tertiary/aromatic N) is 2. The van der Waals surface area contributed by atoms with Gasteiger partial charge in [-0.2, -0.15) is 0 Å². The summed E-state index contributed by atoms with van der Waals surface area (Å²) < 4.78 is 11.2. The van der Waals surface area contributed by atoms with Gasteiger partial charge in [-0.25, -0.2) is 0 Å². The molecule has 1 aliphatic rings. The summed E-state index contributed by atoms with van der Waals surface area (Å²) in [6.45, 7) is 14.1. The Morgan fingerprint density at radius 3 is 2.12 bits per heavy atom. The number of unbranched alkanes of at least 4 members (excludes halogenated alkanes) is 1. The number of aryl methyl sites for hydroxylation is 1. The van der Waals surface area contributed by atoms with Gasteiger partial charge in [-0.05, 0) is 18.9 Å². The van der Waals surface area contributed by atoms with Crippen LogP contribution in [0.1, 0.15) is 30.9 Å². The third-order valence-electron chi connectivity index (χ3n) is 4.56. The third kappa shape index (κ3) is 7.75. The highest BCUT2D eigenvalue weighted by atomic mass is 16.5. The molecule has 0 saturated carbocycles. The lowest BCUT2D eigenvalue weighted by molar-refractivity contribution is 0.0305. The summed E-state index contributed by atoms with van der Waals surface area (Å²) in [5.41, 5.74) is 2.75. The normalized spacial score (nSPS) is 16.6. The van der Waals surface area contributed by atoms with E-state index in [1.54, 1.807) is 0 Å². The van der Waals surface area contributed by atoms with E-state index in [0.717, 1.165) is 72.1 Å². The van der Waals surface area contributed by atoms with Crippen molar-refractivity contribution in [1.82, 2.24) is 9.80 Å². The van der Waals surface area contributed by atoms with E-state index in [4.69, 9.17) is 9.47 Å². The molecule has 0 aromatic heterocycles. The Bertz CT molecular complexity index is 428. The van der Waals surface area contributed by atoms with E-state index in [1.165, 1.54) is 17.5 Å². The molecule has 0 radical (unpaired) electrons. The predicted molar refractivity (Wildman–Crippen MR) is 99.4 cm³/mol. The zero-order chi connectivity index (χ0) is 17.0. The quantitative estimate of drug-likeness (QED) is 0.581. The Hall–Kier alpha value is -0.940. The molecule has 0 spiro atoms. The second-order valence-corrected chi connectivity index (χ2v) is 6.68. The van der Waals surface area contributed by atoms with E-state index in [0.29, 0.717) is 0 Å². The molecule has 0 N–H and O–H groups in total. The molecule has 0 bridgehead atoms. The van der Waals surface area contributed by atoms with Crippen molar-refractivity contribution in [3.63, 3.8) is 0 Å². The van der Waals surface area contributed by atoms with Gasteiger partial charge in [0, 0.05) is 45.9 Å². The highest BCUT2D eigenvalue weighted by Gasteiger charge is 2.16. The van der Waals surface area contributed by atoms with Crippen molar-refractivity contribution < 1.29 is 9.47 Å². The van der Waals surface area contributed by atoms with E-state index in [-0.39, 0.29) is 0 Å². The lowest BCUT2D eigenvalue weighted by Crippen LogP contribution is -2.46. The molecule has 0 aliphatic carbocycles. The highest BCUT2D eigenvalue weighted by Crippen LogP contribution is 2.09. The maximum Gasteiger partial charge on any atom is 0.0701 e. The fraction of sp³-hybridized carbons (Fsp3) is 0.700. The van der Waals surface area contributed by atoms with Gasteiger partial charge >= 0.3 is 0 Å². The SMILES string of the molecule is CCCCOCCOCCN1CCN(Cc2ccc(C)cc2)CC1. The maximum atomic E-state index is 5.67. The fourth-order valence-electron chi connectivity index (χ4n) is 2.88. The molecule has 0 amide bonds. The number of hydrogen-bond donors (Lipinski definition) is 0. The largest absolute Gasteiger partial charge is 0.379 e. The molecular weight excluding hydrogens is 300 g/mol. The Morgan fingerprint density at radius 1 is 0.833 bits per heavy atom. The van der Waals surface area contributed by atoms with Crippen LogP contribution in [0.25, 0.3) is 0 Å². The topological polar surface area (TPSA) is 24.9 Å². The minimum Gasteiger partial charge on any atom is -0.379 e. The van der Waals surface area contributed by atoms with Crippen molar-refractivity contribution in [2.45, 2.75) is 33.2 Å². The number of piperazine rings is 1. The second kappa shape index (κ2) is 11.6. The van der Waals surface area contributed by atoms with E-state index in [1.807, 2.05) is 0 Å². The summed E-state index contributed by atoms with van der Waals surface area (Å²) in [5.74, 6) is 0. The minimum absolute atomic E-state index is 0.719. The van der Waals surface area contributed by atoms with Gasteiger partial charge in [0.15, 0.2) is 0 Å². The average molecular weight is 335 g/mol. The van der Waals surface area contributed by atoms with Gasteiger partial charge in [0.05, 0.1) is 19.8 Å². The molecule has 136 valence electrons. The van der Waals surface area contributed by atoms with Gasteiger partial charge in [-0.3, -0.25) is 9.80 Å². The van der Waals surface area contributed by atoms with Crippen molar-refractivity contribution in [3.05, 3.63) is 35.4 Å². The standard InChI is InChI=1S/C20H34N2O2/c1-3-4-14-23-16-17-24-15-13-21-9-11-22(12-10-21)18-20-7-5-19(2)6-8-20/h5-8H,3-4,9-18H2,1-2H3. The number of ether oxygens (including phenoxy) is 2. The van der Waals surface area contributed by atoms with Crippen LogP contribution in [-0.4, -0.2) is 69.0 Å². The summed E-state index contributed by atoms with van der Waals surface area (Å²) in [6.07, 6.45) is 2.34. The summed E-state index contributed by atoms with van der Waals surface area (Å²) in [5, 5.41) is 0. The van der Waals surface area contributed by atoms with Gasteiger partial charge in [0.25, 0.3) is 0 Å². The van der Waals surface area contributed by atoms with Crippen LogP contribution in [0.2, 0.25) is 0 Å². The molecule has 4 heteroatoms. The van der Waals surface area contributed by atoms with Crippen LogP contribution in [0.5, 0.6) is 0 Å². The molecule has 0 atom stereocenters. The molecule has 1 heterocycles. The lowest BCUT2D eigenvalue weighted by Gasteiger charge is -2.34. The molecule has 2 rings (SSSR count). The van der Waals surface area contributed by atoms with E-state index >= 15 is 0 Å². The van der Waals surface area contributed by atoms with Crippen LogP contribution in [0, 0.1) is 6.92 Å². The maximum absolute atomic E-state index is 5.67. The van der Waals surface area contributed by atoms with Crippen LogP contribution in [-0.2, 0) is 16.0 Å². The van der Waals surface area contributed by atoms with Crippen LogP contribution in [0.15, 0.2) is 24.3 Å². The molecule has 4 nitrogen and oxygen atoms in total. The molecule has 1 saturated heterocycles. The molecule has 0 unspecified atom stereocenters. The van der Waals surface area contributed by atoms with E-state index < -0.39 is 0 Å². The zero-order valence-corrected chi connectivity index (χ0v) is 15.5. The van der Waals surface area contributed by atoms with Crippen LogP contribution < -0.4 is 0 Å². The summed E-state index contributed by atoms with van der Waals surface area (Å²) in [6, 6.07) is 8.90. The zero-order valence-electron chi connectivity index (χ0n) is 15.5. The van der Waals surface area contributed by atoms with Gasteiger partial charge in [0.2, 0.25) is 0 Å². The van der Waals surface area contributed by atoms with E-state index in [9.17, 15) is 0 Å². The van der Waals surface area contributed by atoms with Crippen LogP contribution >= 0.6 is 0 Å². The number of rotatable bonds is 11. The van der Waals surface area contributed by atoms with Gasteiger partial charge < -0.3 is 9.47 Å². The molecule has 1 aromatic rings. The smallest absolute Gasteiger partial charge is 0.0701 e. The minimum atomic E-state index is 0.719. The predicted octanol–water partition coefficient (Wildman–Crippen LogP) is 2.95. The van der Waals surface area contributed by atoms with Gasteiger partial charge in [-0.15, -0.1) is 0 Å². The Morgan fingerprint density at radius 2 is 1.46 bits per heavy atom. The van der Waals surface area contributed by atoms with Crippen molar-refractivity contribution in [2.75, 3.05) is 59.2 Å². The van der Waals surface area contributed by atoms with E-state index in [2.05, 4.69) is 47.9 Å². The Kier molecular flexibility index (Phi) is 9.36. The second-order valence-electron chi connectivity index (χ2n) is 6.68. The summed E-state index contributed by atoms with van der Waals surface area (Å²) in [7, 11) is 0. The average Bonchev–Trinajstić information content (AvgIpc) is 2.61. The number of benzene rings is 1.